The van der Waals surface area contributed by atoms with Gasteiger partial charge in [-0.3, -0.25) is 0 Å². The Morgan fingerprint density at radius 2 is 1.95 bits per heavy atom. The number of anilines is 3. The number of hydrogen-bond acceptors (Lipinski definition) is 2. The molecule has 1 atom stereocenters. The Labute approximate surface area is 118 Å². The predicted octanol–water partition coefficient (Wildman–Crippen LogP) is 4.40. The predicted molar refractivity (Wildman–Crippen MR) is 82.2 cm³/mol. The van der Waals surface area contributed by atoms with E-state index < -0.39 is 0 Å². The summed E-state index contributed by atoms with van der Waals surface area (Å²) in [5.41, 5.74) is 10.6. The van der Waals surface area contributed by atoms with Crippen LogP contribution in [0.2, 0.25) is 5.02 Å². The third-order valence-electron chi connectivity index (χ3n) is 3.77. The van der Waals surface area contributed by atoms with Gasteiger partial charge in [0.2, 0.25) is 0 Å². The number of nitrogens with zero attached hydrogens (tertiary/aromatic N) is 1. The average molecular weight is 273 g/mol. The number of fused-ring (bicyclic) bond motifs is 1. The van der Waals surface area contributed by atoms with Crippen molar-refractivity contribution in [2.75, 3.05) is 10.6 Å². The Bertz CT molecular complexity index is 609. The number of nitrogen functional groups attached to an aromatic ring is 1. The summed E-state index contributed by atoms with van der Waals surface area (Å²) in [4.78, 5) is 2.32. The van der Waals surface area contributed by atoms with Crippen molar-refractivity contribution >= 4 is 28.7 Å². The van der Waals surface area contributed by atoms with Crippen molar-refractivity contribution in [3.05, 3.63) is 53.1 Å². The first-order chi connectivity index (χ1) is 9.16. The molecule has 1 aliphatic rings. The minimum atomic E-state index is 0.443. The van der Waals surface area contributed by atoms with Gasteiger partial charge >= 0.3 is 0 Å². The zero-order valence-corrected chi connectivity index (χ0v) is 11.7. The minimum absolute atomic E-state index is 0.443. The van der Waals surface area contributed by atoms with E-state index in [-0.39, 0.29) is 0 Å². The fraction of sp³-hybridized carbons (Fsp3) is 0.250. The molecule has 2 N–H and O–H groups in total. The molecule has 0 bridgehead atoms. The second-order valence-corrected chi connectivity index (χ2v) is 5.53. The van der Waals surface area contributed by atoms with Crippen molar-refractivity contribution in [1.82, 2.24) is 0 Å². The number of nitrogens with two attached hydrogens (primary N) is 1. The van der Waals surface area contributed by atoms with Crippen LogP contribution in [0, 0.1) is 0 Å². The van der Waals surface area contributed by atoms with Gasteiger partial charge in [-0.1, -0.05) is 29.8 Å². The molecule has 1 unspecified atom stereocenters. The van der Waals surface area contributed by atoms with Crippen LogP contribution >= 0.6 is 11.6 Å². The Balaban J connectivity index is 2.13. The minimum Gasteiger partial charge on any atom is -0.397 e. The van der Waals surface area contributed by atoms with E-state index in [0.29, 0.717) is 11.1 Å². The first kappa shape index (κ1) is 12.4. The molecule has 1 aliphatic heterocycles. The Morgan fingerprint density at radius 3 is 2.74 bits per heavy atom. The number of benzene rings is 2. The highest BCUT2D eigenvalue weighted by molar-refractivity contribution is 6.31. The first-order valence-electron chi connectivity index (χ1n) is 6.59. The monoisotopic (exact) mass is 272 g/mol. The molecule has 0 aliphatic carbocycles. The number of para-hydroxylation sites is 1. The van der Waals surface area contributed by atoms with Gasteiger partial charge in [0, 0.05) is 16.8 Å². The van der Waals surface area contributed by atoms with Gasteiger partial charge in [-0.15, -0.1) is 0 Å². The van der Waals surface area contributed by atoms with Crippen LogP contribution in [0.25, 0.3) is 0 Å². The lowest BCUT2D eigenvalue weighted by Gasteiger charge is -2.37. The van der Waals surface area contributed by atoms with Gasteiger partial charge in [-0.25, -0.2) is 0 Å². The molecule has 2 aromatic rings. The van der Waals surface area contributed by atoms with Crippen molar-refractivity contribution in [3.8, 4) is 0 Å². The lowest BCUT2D eigenvalue weighted by Crippen LogP contribution is -2.33. The molecule has 0 amide bonds. The molecule has 0 radical (unpaired) electrons. The number of rotatable bonds is 1. The summed E-state index contributed by atoms with van der Waals surface area (Å²) < 4.78 is 0. The normalized spacial score (nSPS) is 18.2. The lowest BCUT2D eigenvalue weighted by atomic mass is 9.95. The second kappa shape index (κ2) is 4.78. The van der Waals surface area contributed by atoms with Crippen LogP contribution in [0.3, 0.4) is 0 Å². The number of aryl methyl sites for hydroxylation is 1. The van der Waals surface area contributed by atoms with E-state index in [0.717, 1.165) is 24.2 Å². The van der Waals surface area contributed by atoms with Gasteiger partial charge in [-0.05, 0) is 49.6 Å². The van der Waals surface area contributed by atoms with Gasteiger partial charge in [0.1, 0.15) is 0 Å². The molecular formula is C16H17ClN2. The maximum atomic E-state index is 6.15. The van der Waals surface area contributed by atoms with E-state index in [4.69, 9.17) is 17.3 Å². The van der Waals surface area contributed by atoms with Gasteiger partial charge in [0.15, 0.2) is 0 Å². The number of hydrogen-bond donors (Lipinski definition) is 1. The Morgan fingerprint density at radius 1 is 1.16 bits per heavy atom. The van der Waals surface area contributed by atoms with Gasteiger partial charge < -0.3 is 10.6 Å². The first-order valence-corrected chi connectivity index (χ1v) is 6.97. The smallest absolute Gasteiger partial charge is 0.0648 e. The number of halogens is 1. The van der Waals surface area contributed by atoms with Crippen LogP contribution in [0.15, 0.2) is 42.5 Å². The molecule has 0 fully saturated rings. The van der Waals surface area contributed by atoms with Crippen LogP contribution in [0.1, 0.15) is 18.9 Å². The van der Waals surface area contributed by atoms with E-state index >= 15 is 0 Å². The van der Waals surface area contributed by atoms with Crippen LogP contribution in [-0.4, -0.2) is 6.04 Å². The molecule has 0 aromatic heterocycles. The third kappa shape index (κ3) is 2.17. The molecule has 3 heteroatoms. The molecule has 2 nitrogen and oxygen atoms in total. The molecule has 98 valence electrons. The third-order valence-corrected chi connectivity index (χ3v) is 4.01. The average Bonchev–Trinajstić information content (AvgIpc) is 2.40. The van der Waals surface area contributed by atoms with Crippen molar-refractivity contribution in [2.24, 2.45) is 0 Å². The molecule has 0 saturated carbocycles. The Kier molecular flexibility index (Phi) is 3.11. The second-order valence-electron chi connectivity index (χ2n) is 5.09. The van der Waals surface area contributed by atoms with E-state index in [1.54, 1.807) is 0 Å². The van der Waals surface area contributed by atoms with Crippen molar-refractivity contribution in [2.45, 2.75) is 25.8 Å². The topological polar surface area (TPSA) is 29.3 Å². The highest BCUT2D eigenvalue weighted by Crippen LogP contribution is 2.39. The zero-order chi connectivity index (χ0) is 13.4. The summed E-state index contributed by atoms with van der Waals surface area (Å²) >= 11 is 5.99. The SMILES string of the molecule is CC1CCc2ccccc2N1c1ccc(Cl)cc1N. The van der Waals surface area contributed by atoms with E-state index in [1.807, 2.05) is 18.2 Å². The highest BCUT2D eigenvalue weighted by atomic mass is 35.5. The van der Waals surface area contributed by atoms with E-state index in [9.17, 15) is 0 Å². The van der Waals surface area contributed by atoms with Crippen LogP contribution in [-0.2, 0) is 6.42 Å². The largest absolute Gasteiger partial charge is 0.397 e. The summed E-state index contributed by atoms with van der Waals surface area (Å²) in [5, 5.41) is 0.680. The molecule has 0 saturated heterocycles. The summed E-state index contributed by atoms with van der Waals surface area (Å²) in [7, 11) is 0. The highest BCUT2D eigenvalue weighted by Gasteiger charge is 2.25. The van der Waals surface area contributed by atoms with Crippen LogP contribution in [0.4, 0.5) is 17.1 Å². The summed E-state index contributed by atoms with van der Waals surface area (Å²) in [6.45, 7) is 2.24. The molecule has 2 aromatic carbocycles. The van der Waals surface area contributed by atoms with Gasteiger partial charge in [-0.2, -0.15) is 0 Å². The maximum Gasteiger partial charge on any atom is 0.0648 e. The molecule has 1 heterocycles. The summed E-state index contributed by atoms with van der Waals surface area (Å²) in [6, 6.07) is 14.7. The van der Waals surface area contributed by atoms with Gasteiger partial charge in [0.05, 0.1) is 11.4 Å². The molecule has 3 rings (SSSR count). The molecule has 19 heavy (non-hydrogen) atoms. The van der Waals surface area contributed by atoms with Crippen LogP contribution in [0.5, 0.6) is 0 Å². The summed E-state index contributed by atoms with van der Waals surface area (Å²) in [6.07, 6.45) is 2.26. The fourth-order valence-corrected chi connectivity index (χ4v) is 2.98. The molecular weight excluding hydrogens is 256 g/mol. The van der Waals surface area contributed by atoms with Crippen molar-refractivity contribution in [1.29, 1.82) is 0 Å². The zero-order valence-electron chi connectivity index (χ0n) is 10.9. The molecule has 0 spiro atoms. The van der Waals surface area contributed by atoms with Crippen molar-refractivity contribution in [3.63, 3.8) is 0 Å². The summed E-state index contributed by atoms with van der Waals surface area (Å²) in [5.74, 6) is 0. The fourth-order valence-electron chi connectivity index (χ4n) is 2.80. The van der Waals surface area contributed by atoms with Crippen LogP contribution < -0.4 is 10.6 Å². The maximum absolute atomic E-state index is 6.15. The van der Waals surface area contributed by atoms with Crippen molar-refractivity contribution < 1.29 is 0 Å². The quantitative estimate of drug-likeness (QED) is 0.780. The van der Waals surface area contributed by atoms with Gasteiger partial charge in [0.25, 0.3) is 0 Å². The Hall–Kier alpha value is -1.67. The lowest BCUT2D eigenvalue weighted by molar-refractivity contribution is 0.618. The standard InChI is InChI=1S/C16H17ClN2/c1-11-6-7-12-4-2-3-5-15(12)19(11)16-9-8-13(17)10-14(16)18/h2-5,8-11H,6-7,18H2,1H3. The van der Waals surface area contributed by atoms with E-state index in [2.05, 4.69) is 36.1 Å². The van der Waals surface area contributed by atoms with E-state index in [1.165, 1.54) is 11.3 Å².